The zero-order chi connectivity index (χ0) is 16.4. The number of benzene rings is 1. The van der Waals surface area contributed by atoms with Crippen molar-refractivity contribution in [2.24, 2.45) is 0 Å². The van der Waals surface area contributed by atoms with E-state index in [1.165, 1.54) is 0 Å². The molecular formula is C16H19N3O4. The smallest absolute Gasteiger partial charge is 0.409 e. The third kappa shape index (κ3) is 3.08. The number of amides is 1. The molecule has 0 bridgehead atoms. The SMILES string of the molecule is CCOC(=O)N1CCN(c2ccc3[nH]c(C(=O)O)cc3c2)CC1. The summed E-state index contributed by atoms with van der Waals surface area (Å²) in [6.07, 6.45) is -0.265. The van der Waals surface area contributed by atoms with Crippen molar-refractivity contribution in [3.05, 3.63) is 30.0 Å². The van der Waals surface area contributed by atoms with Crippen molar-refractivity contribution in [1.82, 2.24) is 9.88 Å². The number of H-pyrrole nitrogens is 1. The number of aromatic nitrogens is 1. The van der Waals surface area contributed by atoms with Gasteiger partial charge in [0.2, 0.25) is 0 Å². The predicted molar refractivity (Wildman–Crippen MR) is 86.1 cm³/mol. The molecule has 3 rings (SSSR count). The maximum Gasteiger partial charge on any atom is 0.409 e. The van der Waals surface area contributed by atoms with E-state index < -0.39 is 5.97 Å². The van der Waals surface area contributed by atoms with E-state index in [0.29, 0.717) is 19.7 Å². The van der Waals surface area contributed by atoms with Crippen molar-refractivity contribution in [2.75, 3.05) is 37.7 Å². The molecule has 0 unspecified atom stereocenters. The van der Waals surface area contributed by atoms with E-state index in [0.717, 1.165) is 29.7 Å². The van der Waals surface area contributed by atoms with E-state index in [1.54, 1.807) is 17.9 Å². The standard InChI is InChI=1S/C16H19N3O4/c1-2-23-16(22)19-7-5-18(6-8-19)12-3-4-13-11(9-12)10-14(17-13)15(20)21/h3-4,9-10,17H,2,5-8H2,1H3,(H,20,21). The van der Waals surface area contributed by atoms with Crippen LogP contribution < -0.4 is 4.90 Å². The van der Waals surface area contributed by atoms with Crippen molar-refractivity contribution in [3.63, 3.8) is 0 Å². The fraction of sp³-hybridized carbons (Fsp3) is 0.375. The third-order valence-electron chi connectivity index (χ3n) is 4.01. The largest absolute Gasteiger partial charge is 0.477 e. The maximum atomic E-state index is 11.7. The van der Waals surface area contributed by atoms with Gasteiger partial charge in [0, 0.05) is 42.8 Å². The van der Waals surface area contributed by atoms with E-state index in [-0.39, 0.29) is 11.8 Å². The van der Waals surface area contributed by atoms with Crippen molar-refractivity contribution in [1.29, 1.82) is 0 Å². The van der Waals surface area contributed by atoms with Crippen LogP contribution in [0.5, 0.6) is 0 Å². The lowest BCUT2D eigenvalue weighted by atomic mass is 10.2. The topological polar surface area (TPSA) is 85.9 Å². The Hall–Kier alpha value is -2.70. The highest BCUT2D eigenvalue weighted by molar-refractivity contribution is 5.94. The third-order valence-corrected chi connectivity index (χ3v) is 4.01. The van der Waals surface area contributed by atoms with E-state index in [1.807, 2.05) is 18.2 Å². The first-order valence-electron chi connectivity index (χ1n) is 7.61. The van der Waals surface area contributed by atoms with Gasteiger partial charge in [0.15, 0.2) is 0 Å². The molecule has 1 aromatic carbocycles. The number of carboxylic acids is 1. The number of carboxylic acid groups (broad SMARTS) is 1. The van der Waals surface area contributed by atoms with Gasteiger partial charge in [-0.2, -0.15) is 0 Å². The number of hydrogen-bond donors (Lipinski definition) is 2. The molecule has 7 nitrogen and oxygen atoms in total. The summed E-state index contributed by atoms with van der Waals surface area (Å²) in [5.74, 6) is -0.967. The number of fused-ring (bicyclic) bond motifs is 1. The van der Waals surface area contributed by atoms with E-state index in [4.69, 9.17) is 9.84 Å². The van der Waals surface area contributed by atoms with Crippen LogP contribution in [0.2, 0.25) is 0 Å². The van der Waals surface area contributed by atoms with Crippen LogP contribution in [-0.4, -0.2) is 59.8 Å². The second-order valence-corrected chi connectivity index (χ2v) is 5.43. The van der Waals surface area contributed by atoms with E-state index in [9.17, 15) is 9.59 Å². The van der Waals surface area contributed by atoms with Crippen molar-refractivity contribution in [3.8, 4) is 0 Å². The molecule has 1 aliphatic heterocycles. The number of anilines is 1. The van der Waals surface area contributed by atoms with Crippen molar-refractivity contribution >= 4 is 28.7 Å². The first kappa shape index (κ1) is 15.2. The highest BCUT2D eigenvalue weighted by atomic mass is 16.6. The normalized spacial score (nSPS) is 15.0. The Kier molecular flexibility index (Phi) is 4.10. The summed E-state index contributed by atoms with van der Waals surface area (Å²) in [4.78, 5) is 29.5. The molecule has 1 saturated heterocycles. The summed E-state index contributed by atoms with van der Waals surface area (Å²) in [7, 11) is 0. The van der Waals surface area contributed by atoms with Crippen molar-refractivity contribution < 1.29 is 19.4 Å². The molecule has 1 amide bonds. The minimum Gasteiger partial charge on any atom is -0.477 e. The van der Waals surface area contributed by atoms with Gasteiger partial charge < -0.3 is 24.6 Å². The summed E-state index contributed by atoms with van der Waals surface area (Å²) in [5.41, 5.74) is 2.01. The highest BCUT2D eigenvalue weighted by Gasteiger charge is 2.22. The summed E-state index contributed by atoms with van der Waals surface area (Å²) >= 11 is 0. The average molecular weight is 317 g/mol. The Morgan fingerprint density at radius 2 is 1.96 bits per heavy atom. The lowest BCUT2D eigenvalue weighted by Crippen LogP contribution is -2.49. The van der Waals surface area contributed by atoms with Crippen LogP contribution in [0.3, 0.4) is 0 Å². The number of aromatic amines is 1. The summed E-state index contributed by atoms with van der Waals surface area (Å²) in [5, 5.41) is 9.91. The maximum absolute atomic E-state index is 11.7. The molecular weight excluding hydrogens is 298 g/mol. The Morgan fingerprint density at radius 1 is 1.22 bits per heavy atom. The lowest BCUT2D eigenvalue weighted by Gasteiger charge is -2.35. The number of nitrogens with one attached hydrogen (secondary N) is 1. The van der Waals surface area contributed by atoms with Gasteiger partial charge in [-0.1, -0.05) is 0 Å². The Morgan fingerprint density at radius 3 is 2.61 bits per heavy atom. The fourth-order valence-electron chi connectivity index (χ4n) is 2.79. The molecule has 1 aliphatic rings. The van der Waals surface area contributed by atoms with Gasteiger partial charge in [-0.3, -0.25) is 0 Å². The van der Waals surface area contributed by atoms with Gasteiger partial charge in [-0.05, 0) is 31.2 Å². The first-order chi connectivity index (χ1) is 11.1. The van der Waals surface area contributed by atoms with E-state index >= 15 is 0 Å². The number of carbonyl (C=O) groups is 2. The van der Waals surface area contributed by atoms with Gasteiger partial charge in [0.05, 0.1) is 6.61 Å². The van der Waals surface area contributed by atoms with Crippen molar-refractivity contribution in [2.45, 2.75) is 6.92 Å². The molecule has 1 aromatic heterocycles. The summed E-state index contributed by atoms with van der Waals surface area (Å²) < 4.78 is 5.01. The van der Waals surface area contributed by atoms with Crippen LogP contribution in [0.4, 0.5) is 10.5 Å². The second-order valence-electron chi connectivity index (χ2n) is 5.43. The number of ether oxygens (including phenoxy) is 1. The zero-order valence-corrected chi connectivity index (χ0v) is 12.9. The quantitative estimate of drug-likeness (QED) is 0.906. The van der Waals surface area contributed by atoms with Crippen LogP contribution in [0.1, 0.15) is 17.4 Å². The molecule has 1 fully saturated rings. The zero-order valence-electron chi connectivity index (χ0n) is 12.9. The monoisotopic (exact) mass is 317 g/mol. The van der Waals surface area contributed by atoms with Crippen LogP contribution in [0.25, 0.3) is 10.9 Å². The molecule has 2 N–H and O–H groups in total. The number of aromatic carboxylic acids is 1. The molecule has 23 heavy (non-hydrogen) atoms. The Labute approximate surface area is 133 Å². The molecule has 0 atom stereocenters. The van der Waals surface area contributed by atoms with Gasteiger partial charge in [0.25, 0.3) is 0 Å². The average Bonchev–Trinajstić information content (AvgIpc) is 2.98. The van der Waals surface area contributed by atoms with Crippen LogP contribution in [0.15, 0.2) is 24.3 Å². The molecule has 122 valence electrons. The molecule has 0 spiro atoms. The molecule has 0 radical (unpaired) electrons. The molecule has 2 heterocycles. The predicted octanol–water partition coefficient (Wildman–Crippen LogP) is 2.14. The number of nitrogens with zero attached hydrogens (tertiary/aromatic N) is 2. The Balaban J connectivity index is 1.72. The lowest BCUT2D eigenvalue weighted by molar-refractivity contribution is 0.0691. The summed E-state index contributed by atoms with van der Waals surface area (Å²) in [6.45, 7) is 4.86. The minimum atomic E-state index is -0.967. The molecule has 0 saturated carbocycles. The van der Waals surface area contributed by atoms with Crippen LogP contribution in [-0.2, 0) is 4.74 Å². The first-order valence-corrected chi connectivity index (χ1v) is 7.61. The van der Waals surface area contributed by atoms with E-state index in [2.05, 4.69) is 9.88 Å². The van der Waals surface area contributed by atoms with Gasteiger partial charge in [-0.15, -0.1) is 0 Å². The number of hydrogen-bond acceptors (Lipinski definition) is 4. The Bertz CT molecular complexity index is 732. The van der Waals surface area contributed by atoms with Gasteiger partial charge >= 0.3 is 12.1 Å². The molecule has 2 aromatic rings. The summed E-state index contributed by atoms with van der Waals surface area (Å²) in [6, 6.07) is 7.45. The number of rotatable bonds is 3. The minimum absolute atomic E-state index is 0.185. The molecule has 0 aliphatic carbocycles. The number of piperazine rings is 1. The fourth-order valence-corrected chi connectivity index (χ4v) is 2.79. The highest BCUT2D eigenvalue weighted by Crippen LogP contribution is 2.24. The van der Waals surface area contributed by atoms with Gasteiger partial charge in [-0.25, -0.2) is 9.59 Å². The number of carbonyl (C=O) groups excluding carboxylic acids is 1. The van der Waals surface area contributed by atoms with Gasteiger partial charge in [0.1, 0.15) is 5.69 Å². The second kappa shape index (κ2) is 6.20. The van der Waals surface area contributed by atoms with Crippen LogP contribution in [0, 0.1) is 0 Å². The molecule has 7 heteroatoms. The van der Waals surface area contributed by atoms with Crippen LogP contribution >= 0.6 is 0 Å².